The largest absolute Gasteiger partial charge is 0.352 e. The third-order valence-electron chi connectivity index (χ3n) is 7.54. The fraction of sp³-hybridized carbons (Fsp3) is 0.257. The van der Waals surface area contributed by atoms with Crippen LogP contribution in [0.1, 0.15) is 37.0 Å². The van der Waals surface area contributed by atoms with Gasteiger partial charge in [-0.2, -0.15) is 0 Å². The average molecular weight is 650 g/mol. The summed E-state index contributed by atoms with van der Waals surface area (Å²) in [7, 11) is -4.24. The quantitative estimate of drug-likeness (QED) is 0.178. The average Bonchev–Trinajstić information content (AvgIpc) is 3.03. The number of carbonyl (C=O) groups is 2. The third-order valence-corrected chi connectivity index (χ3v) is 9.58. The highest BCUT2D eigenvalue weighted by Crippen LogP contribution is 2.26. The molecule has 4 rings (SSSR count). The minimum absolute atomic E-state index is 0.0410. The second kappa shape index (κ2) is 15.2. The van der Waals surface area contributed by atoms with Gasteiger partial charge in [-0.15, -0.1) is 0 Å². The number of nitrogens with zero attached hydrogens (tertiary/aromatic N) is 2. The van der Waals surface area contributed by atoms with Crippen molar-refractivity contribution in [3.63, 3.8) is 0 Å². The molecule has 0 radical (unpaired) electrons. The lowest BCUT2D eigenvalue weighted by atomic mass is 10.0. The predicted octanol–water partition coefficient (Wildman–Crippen LogP) is 6.54. The van der Waals surface area contributed by atoms with Gasteiger partial charge in [-0.1, -0.05) is 78.7 Å². The van der Waals surface area contributed by atoms with Gasteiger partial charge in [-0.25, -0.2) is 12.8 Å². The zero-order valence-corrected chi connectivity index (χ0v) is 27.1. The fourth-order valence-electron chi connectivity index (χ4n) is 4.76. The van der Waals surface area contributed by atoms with E-state index in [1.807, 2.05) is 51.1 Å². The molecule has 7 nitrogen and oxygen atoms in total. The van der Waals surface area contributed by atoms with Crippen molar-refractivity contribution in [3.8, 4) is 0 Å². The van der Waals surface area contributed by atoms with E-state index < -0.39 is 34.3 Å². The van der Waals surface area contributed by atoms with Crippen LogP contribution < -0.4 is 9.62 Å². The standard InChI is InChI=1S/C35H37ClFN3O4S/c1-4-26(3)38-35(42)33(22-27-8-6-5-7-9-27)39(23-28-12-16-30(37)17-13-28)34(41)24-40(31-18-10-25(2)11-19-31)45(43,44)32-20-14-29(36)15-21-32/h5-21,26,33H,4,22-24H2,1-3H3,(H,38,42)/t26-,33+/m1/s1. The van der Waals surface area contributed by atoms with E-state index in [0.717, 1.165) is 15.4 Å². The number of nitrogens with one attached hydrogen (secondary N) is 1. The van der Waals surface area contributed by atoms with Crippen LogP contribution in [0.4, 0.5) is 10.1 Å². The summed E-state index contributed by atoms with van der Waals surface area (Å²) >= 11 is 6.04. The number of benzene rings is 4. The van der Waals surface area contributed by atoms with Gasteiger partial charge in [0.1, 0.15) is 18.4 Å². The van der Waals surface area contributed by atoms with Crippen LogP contribution in [0.25, 0.3) is 0 Å². The first-order valence-corrected chi connectivity index (χ1v) is 16.5. The van der Waals surface area contributed by atoms with E-state index in [4.69, 9.17) is 11.6 Å². The smallest absolute Gasteiger partial charge is 0.264 e. The Labute approximate surface area is 269 Å². The van der Waals surface area contributed by atoms with E-state index in [1.165, 1.54) is 41.3 Å². The number of halogens is 2. The Morgan fingerprint density at radius 2 is 1.49 bits per heavy atom. The minimum Gasteiger partial charge on any atom is -0.352 e. The van der Waals surface area contributed by atoms with Crippen LogP contribution in [0, 0.1) is 12.7 Å². The van der Waals surface area contributed by atoms with E-state index in [1.54, 1.807) is 36.4 Å². The number of amides is 2. The molecule has 1 N–H and O–H groups in total. The van der Waals surface area contributed by atoms with Gasteiger partial charge in [0.25, 0.3) is 10.0 Å². The van der Waals surface area contributed by atoms with Crippen molar-refractivity contribution in [3.05, 3.63) is 131 Å². The first kappa shape index (κ1) is 33.7. The number of hydrogen-bond acceptors (Lipinski definition) is 4. The van der Waals surface area contributed by atoms with Gasteiger partial charge >= 0.3 is 0 Å². The highest BCUT2D eigenvalue weighted by molar-refractivity contribution is 7.92. The summed E-state index contributed by atoms with van der Waals surface area (Å²) in [4.78, 5) is 29.6. The summed E-state index contributed by atoms with van der Waals surface area (Å²) < 4.78 is 43.0. The van der Waals surface area contributed by atoms with Gasteiger partial charge in [0.2, 0.25) is 11.8 Å². The second-order valence-corrected chi connectivity index (χ2v) is 13.3. The molecule has 236 valence electrons. The molecule has 0 fully saturated rings. The molecule has 10 heteroatoms. The molecule has 0 aliphatic carbocycles. The highest BCUT2D eigenvalue weighted by Gasteiger charge is 2.35. The van der Waals surface area contributed by atoms with Gasteiger partial charge < -0.3 is 10.2 Å². The predicted molar refractivity (Wildman–Crippen MR) is 176 cm³/mol. The molecule has 0 heterocycles. The monoisotopic (exact) mass is 649 g/mol. The molecule has 0 bridgehead atoms. The van der Waals surface area contributed by atoms with E-state index in [9.17, 15) is 22.4 Å². The maximum atomic E-state index is 14.4. The second-order valence-electron chi connectivity index (χ2n) is 11.0. The summed E-state index contributed by atoms with van der Waals surface area (Å²) in [5, 5.41) is 3.36. The lowest BCUT2D eigenvalue weighted by Gasteiger charge is -2.34. The molecule has 0 spiro atoms. The molecule has 0 aliphatic heterocycles. The fourth-order valence-corrected chi connectivity index (χ4v) is 6.30. The number of aryl methyl sites for hydroxylation is 1. The maximum absolute atomic E-state index is 14.4. The van der Waals surface area contributed by atoms with E-state index in [2.05, 4.69) is 5.32 Å². The molecule has 2 atom stereocenters. The van der Waals surface area contributed by atoms with Gasteiger partial charge in [0.05, 0.1) is 10.6 Å². The lowest BCUT2D eigenvalue weighted by Crippen LogP contribution is -2.54. The Balaban J connectivity index is 1.80. The number of hydrogen-bond donors (Lipinski definition) is 1. The number of rotatable bonds is 13. The van der Waals surface area contributed by atoms with Crippen molar-refractivity contribution < 1.29 is 22.4 Å². The summed E-state index contributed by atoms with van der Waals surface area (Å²) in [5.74, 6) is -1.41. The Morgan fingerprint density at radius 3 is 2.09 bits per heavy atom. The molecule has 2 amide bonds. The molecular weight excluding hydrogens is 613 g/mol. The van der Waals surface area contributed by atoms with Crippen LogP contribution in [-0.4, -0.2) is 43.8 Å². The van der Waals surface area contributed by atoms with Crippen molar-refractivity contribution in [2.24, 2.45) is 0 Å². The van der Waals surface area contributed by atoms with Crippen molar-refractivity contribution >= 4 is 39.1 Å². The molecule has 0 aromatic heterocycles. The van der Waals surface area contributed by atoms with Crippen molar-refractivity contribution in [2.75, 3.05) is 10.8 Å². The molecule has 0 saturated heterocycles. The van der Waals surface area contributed by atoms with Crippen LogP contribution in [0.5, 0.6) is 0 Å². The number of sulfonamides is 1. The minimum atomic E-state index is -4.24. The third kappa shape index (κ3) is 8.93. The van der Waals surface area contributed by atoms with E-state index in [0.29, 0.717) is 17.0 Å². The molecule has 4 aromatic carbocycles. The van der Waals surface area contributed by atoms with Crippen LogP contribution in [0.3, 0.4) is 0 Å². The Bertz CT molecular complexity index is 1680. The topological polar surface area (TPSA) is 86.8 Å². The number of anilines is 1. The van der Waals surface area contributed by atoms with Crippen molar-refractivity contribution in [1.29, 1.82) is 0 Å². The summed E-state index contributed by atoms with van der Waals surface area (Å²) in [6.45, 7) is 5.06. The summed E-state index contributed by atoms with van der Waals surface area (Å²) in [5.41, 5.74) is 2.61. The zero-order valence-electron chi connectivity index (χ0n) is 25.5. The van der Waals surface area contributed by atoms with Crippen LogP contribution in [0.2, 0.25) is 5.02 Å². The summed E-state index contributed by atoms with van der Waals surface area (Å²) in [6.07, 6.45) is 0.862. The van der Waals surface area contributed by atoms with E-state index in [-0.39, 0.29) is 35.5 Å². The van der Waals surface area contributed by atoms with Gasteiger partial charge in [0, 0.05) is 24.0 Å². The molecule has 45 heavy (non-hydrogen) atoms. The molecule has 0 saturated carbocycles. The summed E-state index contributed by atoms with van der Waals surface area (Å²) in [6, 6.07) is 26.3. The maximum Gasteiger partial charge on any atom is 0.264 e. The Morgan fingerprint density at radius 1 is 0.867 bits per heavy atom. The van der Waals surface area contributed by atoms with E-state index >= 15 is 0 Å². The molecular formula is C35H37ClFN3O4S. The Hall–Kier alpha value is -4.21. The zero-order chi connectivity index (χ0) is 32.6. The molecule has 4 aromatic rings. The van der Waals surface area contributed by atoms with Crippen molar-refractivity contribution in [1.82, 2.24) is 10.2 Å². The van der Waals surface area contributed by atoms with Crippen LogP contribution >= 0.6 is 11.6 Å². The molecule has 0 aliphatic rings. The normalized spacial score (nSPS) is 12.6. The van der Waals surface area contributed by atoms with Crippen molar-refractivity contribution in [2.45, 2.75) is 57.1 Å². The number of carbonyl (C=O) groups excluding carboxylic acids is 2. The van der Waals surface area contributed by atoms with Gasteiger partial charge in [0.15, 0.2) is 0 Å². The lowest BCUT2D eigenvalue weighted by molar-refractivity contribution is -0.140. The van der Waals surface area contributed by atoms with Gasteiger partial charge in [-0.3, -0.25) is 13.9 Å². The first-order valence-electron chi connectivity index (χ1n) is 14.7. The molecule has 0 unspecified atom stereocenters. The van der Waals surface area contributed by atoms with Crippen LogP contribution in [0.15, 0.2) is 108 Å². The first-order chi connectivity index (χ1) is 21.5. The van der Waals surface area contributed by atoms with Gasteiger partial charge in [-0.05, 0) is 79.9 Å². The Kier molecular flexibility index (Phi) is 11.4. The SMILES string of the molecule is CC[C@@H](C)NC(=O)[C@H](Cc1ccccc1)N(Cc1ccc(F)cc1)C(=O)CN(c1ccc(C)cc1)S(=O)(=O)c1ccc(Cl)cc1. The highest BCUT2D eigenvalue weighted by atomic mass is 35.5. The van der Waals surface area contributed by atoms with Crippen LogP contribution in [-0.2, 0) is 32.6 Å².